The Bertz CT molecular complexity index is 1010. The van der Waals surface area contributed by atoms with Crippen LogP contribution in [0.3, 0.4) is 0 Å². The number of carbonyl (C=O) groups is 1. The van der Waals surface area contributed by atoms with Gasteiger partial charge in [-0.1, -0.05) is 12.1 Å². The lowest BCUT2D eigenvalue weighted by Gasteiger charge is -2.09. The van der Waals surface area contributed by atoms with Crippen LogP contribution in [0, 0.1) is 15.9 Å². The number of hydrogen-bond acceptors (Lipinski definition) is 6. The molecule has 0 aliphatic heterocycles. The van der Waals surface area contributed by atoms with Crippen molar-refractivity contribution < 1.29 is 18.8 Å². The Morgan fingerprint density at radius 2 is 2.15 bits per heavy atom. The largest absolute Gasteiger partial charge is 0.495 e. The van der Waals surface area contributed by atoms with Gasteiger partial charge in [0.25, 0.3) is 5.69 Å². The summed E-state index contributed by atoms with van der Waals surface area (Å²) in [6.07, 6.45) is -0.0301. The summed E-state index contributed by atoms with van der Waals surface area (Å²) >= 11 is 1.30. The highest BCUT2D eigenvalue weighted by Gasteiger charge is 2.15. The number of nitrogens with one attached hydrogen (secondary N) is 1. The van der Waals surface area contributed by atoms with Crippen LogP contribution in [0.15, 0.2) is 47.8 Å². The number of benzene rings is 2. The van der Waals surface area contributed by atoms with Crippen molar-refractivity contribution in [3.63, 3.8) is 0 Å². The first-order chi connectivity index (χ1) is 13.0. The molecule has 0 radical (unpaired) electrons. The van der Waals surface area contributed by atoms with Gasteiger partial charge >= 0.3 is 0 Å². The molecule has 1 heterocycles. The van der Waals surface area contributed by atoms with Crippen molar-refractivity contribution in [1.82, 2.24) is 4.98 Å². The van der Waals surface area contributed by atoms with E-state index in [9.17, 15) is 19.3 Å². The van der Waals surface area contributed by atoms with Crippen molar-refractivity contribution in [3.05, 3.63) is 69.5 Å². The molecule has 9 heteroatoms. The first-order valence-corrected chi connectivity index (χ1v) is 8.67. The van der Waals surface area contributed by atoms with E-state index >= 15 is 0 Å². The normalized spacial score (nSPS) is 10.4. The van der Waals surface area contributed by atoms with Crippen LogP contribution in [0.2, 0.25) is 0 Å². The Hall–Kier alpha value is -3.33. The highest BCUT2D eigenvalue weighted by atomic mass is 32.1. The molecular weight excluding hydrogens is 373 g/mol. The van der Waals surface area contributed by atoms with E-state index in [2.05, 4.69) is 10.3 Å². The monoisotopic (exact) mass is 387 g/mol. The number of thiazole rings is 1. The molecule has 2 aromatic carbocycles. The third-order valence-electron chi connectivity index (χ3n) is 3.63. The van der Waals surface area contributed by atoms with Gasteiger partial charge in [0.05, 0.1) is 29.8 Å². The van der Waals surface area contributed by atoms with Gasteiger partial charge in [0, 0.05) is 23.1 Å². The van der Waals surface area contributed by atoms with E-state index in [1.807, 2.05) is 0 Å². The van der Waals surface area contributed by atoms with Crippen LogP contribution in [0.4, 0.5) is 15.8 Å². The lowest BCUT2D eigenvalue weighted by molar-refractivity contribution is -0.384. The highest BCUT2D eigenvalue weighted by molar-refractivity contribution is 7.13. The smallest absolute Gasteiger partial charge is 0.271 e. The summed E-state index contributed by atoms with van der Waals surface area (Å²) in [5, 5.41) is 15.8. The molecule has 1 amide bonds. The van der Waals surface area contributed by atoms with E-state index in [4.69, 9.17) is 4.74 Å². The zero-order valence-corrected chi connectivity index (χ0v) is 15.0. The Morgan fingerprint density at radius 1 is 1.33 bits per heavy atom. The second-order valence-corrected chi connectivity index (χ2v) is 6.38. The number of methoxy groups -OCH3 is 1. The summed E-state index contributed by atoms with van der Waals surface area (Å²) in [7, 11) is 1.41. The van der Waals surface area contributed by atoms with E-state index in [-0.39, 0.29) is 23.6 Å². The SMILES string of the molecule is COc1ccc([N+](=O)[O-])cc1NC(=O)Cc1csc(-c2cccc(F)c2)n1. The minimum absolute atomic E-state index is 0.0301. The van der Waals surface area contributed by atoms with Crippen molar-refractivity contribution >= 4 is 28.6 Å². The molecule has 0 spiro atoms. The third kappa shape index (κ3) is 4.45. The molecule has 138 valence electrons. The fourth-order valence-corrected chi connectivity index (χ4v) is 3.23. The van der Waals surface area contributed by atoms with Gasteiger partial charge < -0.3 is 10.1 Å². The summed E-state index contributed by atoms with van der Waals surface area (Å²) in [4.78, 5) is 27.0. The van der Waals surface area contributed by atoms with Crippen LogP contribution >= 0.6 is 11.3 Å². The Balaban J connectivity index is 1.73. The molecule has 1 N–H and O–H groups in total. The molecule has 0 aliphatic carbocycles. The van der Waals surface area contributed by atoms with Crippen molar-refractivity contribution in [1.29, 1.82) is 0 Å². The number of carbonyl (C=O) groups excluding carboxylic acids is 1. The van der Waals surface area contributed by atoms with Crippen LogP contribution in [-0.2, 0) is 11.2 Å². The third-order valence-corrected chi connectivity index (χ3v) is 4.57. The quantitative estimate of drug-likeness (QED) is 0.509. The van der Waals surface area contributed by atoms with Gasteiger partial charge in [0.15, 0.2) is 0 Å². The van der Waals surface area contributed by atoms with Gasteiger partial charge in [-0.3, -0.25) is 14.9 Å². The second kappa shape index (κ2) is 7.92. The van der Waals surface area contributed by atoms with Crippen LogP contribution in [0.25, 0.3) is 10.6 Å². The number of ether oxygens (including phenoxy) is 1. The maximum absolute atomic E-state index is 13.3. The van der Waals surface area contributed by atoms with E-state index < -0.39 is 10.8 Å². The van der Waals surface area contributed by atoms with Crippen LogP contribution in [0.5, 0.6) is 5.75 Å². The molecule has 7 nitrogen and oxygen atoms in total. The standard InChI is InChI=1S/C18H14FN3O4S/c1-26-16-6-5-14(22(24)25)9-15(16)21-17(23)8-13-10-27-18(20-13)11-3-2-4-12(19)7-11/h2-7,9-10H,8H2,1H3,(H,21,23). The molecule has 27 heavy (non-hydrogen) atoms. The van der Waals surface area contributed by atoms with Gasteiger partial charge in [-0.2, -0.15) is 0 Å². The maximum atomic E-state index is 13.3. The lowest BCUT2D eigenvalue weighted by Crippen LogP contribution is -2.15. The summed E-state index contributed by atoms with van der Waals surface area (Å²) in [5.41, 5.74) is 1.19. The molecule has 3 aromatic rings. The molecular formula is C18H14FN3O4S. The van der Waals surface area contributed by atoms with Crippen molar-refractivity contribution in [3.8, 4) is 16.3 Å². The van der Waals surface area contributed by atoms with E-state index in [1.54, 1.807) is 17.5 Å². The van der Waals surface area contributed by atoms with Crippen LogP contribution in [-0.4, -0.2) is 22.9 Å². The molecule has 0 bridgehead atoms. The zero-order valence-electron chi connectivity index (χ0n) is 14.1. The number of nitrogens with zero attached hydrogens (tertiary/aromatic N) is 2. The summed E-state index contributed by atoms with van der Waals surface area (Å²) in [6.45, 7) is 0. The minimum atomic E-state index is -0.555. The number of halogens is 1. The van der Waals surface area contributed by atoms with Gasteiger partial charge in [-0.05, 0) is 18.2 Å². The predicted octanol–water partition coefficient (Wildman–Crippen LogP) is 4.05. The molecule has 0 saturated heterocycles. The molecule has 1 aromatic heterocycles. The Morgan fingerprint density at radius 3 is 2.85 bits per heavy atom. The average Bonchev–Trinajstić information content (AvgIpc) is 3.10. The van der Waals surface area contributed by atoms with Gasteiger partial charge in [-0.15, -0.1) is 11.3 Å². The Kier molecular flexibility index (Phi) is 5.41. The number of aromatic nitrogens is 1. The second-order valence-electron chi connectivity index (χ2n) is 5.52. The molecule has 0 saturated carbocycles. The minimum Gasteiger partial charge on any atom is -0.495 e. The summed E-state index contributed by atoms with van der Waals surface area (Å²) in [6, 6.07) is 9.98. The fourth-order valence-electron chi connectivity index (χ4n) is 2.41. The maximum Gasteiger partial charge on any atom is 0.271 e. The topological polar surface area (TPSA) is 94.4 Å². The first kappa shape index (κ1) is 18.5. The first-order valence-electron chi connectivity index (χ1n) is 7.79. The van der Waals surface area contributed by atoms with Crippen molar-refractivity contribution in [2.45, 2.75) is 6.42 Å². The number of anilines is 1. The van der Waals surface area contributed by atoms with Crippen LogP contribution in [0.1, 0.15) is 5.69 Å². The number of non-ortho nitro benzene ring substituents is 1. The van der Waals surface area contributed by atoms with E-state index in [0.717, 1.165) is 0 Å². The lowest BCUT2D eigenvalue weighted by atomic mass is 10.2. The molecule has 0 fully saturated rings. The number of hydrogen-bond donors (Lipinski definition) is 1. The average molecular weight is 387 g/mol. The van der Waals surface area contributed by atoms with Crippen LogP contribution < -0.4 is 10.1 Å². The molecule has 3 rings (SSSR count). The molecule has 0 atom stereocenters. The van der Waals surface area contributed by atoms with Crippen molar-refractivity contribution in [2.24, 2.45) is 0 Å². The highest BCUT2D eigenvalue weighted by Crippen LogP contribution is 2.29. The van der Waals surface area contributed by atoms with Gasteiger partial charge in [-0.25, -0.2) is 9.37 Å². The van der Waals surface area contributed by atoms with Gasteiger partial charge in [0.1, 0.15) is 16.6 Å². The summed E-state index contributed by atoms with van der Waals surface area (Å²) in [5.74, 6) is -0.447. The molecule has 0 aliphatic rings. The number of rotatable bonds is 6. The number of amides is 1. The molecule has 0 unspecified atom stereocenters. The zero-order chi connectivity index (χ0) is 19.4. The fraction of sp³-hybridized carbons (Fsp3) is 0.111. The van der Waals surface area contributed by atoms with Gasteiger partial charge in [0.2, 0.25) is 5.91 Å². The number of nitro benzene ring substituents is 1. The predicted molar refractivity (Wildman–Crippen MR) is 99.5 cm³/mol. The van der Waals surface area contributed by atoms with E-state index in [1.165, 1.54) is 48.8 Å². The summed E-state index contributed by atoms with van der Waals surface area (Å²) < 4.78 is 18.4. The Labute approximate surface area is 157 Å². The number of nitro groups is 1. The van der Waals surface area contributed by atoms with Crippen molar-refractivity contribution in [2.75, 3.05) is 12.4 Å². The van der Waals surface area contributed by atoms with E-state index in [0.29, 0.717) is 22.0 Å².